The van der Waals surface area contributed by atoms with E-state index in [2.05, 4.69) is 47.3 Å². The standard InChI is InChI=1S/C15H21N3/c1-11-6-7-13(12(2)9-11)14-10-17-15(18-14)5-4-8-16-3/h6-7,9-10,16H,4-5,8H2,1-3H3,(H,17,18). The van der Waals surface area contributed by atoms with Gasteiger partial charge in [0, 0.05) is 12.0 Å². The molecule has 1 aromatic heterocycles. The molecule has 3 nitrogen and oxygen atoms in total. The Balaban J connectivity index is 2.13. The van der Waals surface area contributed by atoms with Crippen molar-refractivity contribution >= 4 is 0 Å². The van der Waals surface area contributed by atoms with Gasteiger partial charge in [0.1, 0.15) is 5.82 Å². The second-order valence-corrected chi connectivity index (χ2v) is 4.77. The molecule has 1 heterocycles. The van der Waals surface area contributed by atoms with E-state index in [-0.39, 0.29) is 0 Å². The number of nitrogens with one attached hydrogen (secondary N) is 2. The van der Waals surface area contributed by atoms with Crippen molar-refractivity contribution in [2.24, 2.45) is 0 Å². The summed E-state index contributed by atoms with van der Waals surface area (Å²) in [4.78, 5) is 7.85. The van der Waals surface area contributed by atoms with Crippen LogP contribution in [0.5, 0.6) is 0 Å². The third-order valence-corrected chi connectivity index (χ3v) is 3.14. The summed E-state index contributed by atoms with van der Waals surface area (Å²) in [6.45, 7) is 5.29. The largest absolute Gasteiger partial charge is 0.342 e. The number of imidazole rings is 1. The molecule has 0 saturated heterocycles. The second kappa shape index (κ2) is 5.83. The van der Waals surface area contributed by atoms with Gasteiger partial charge in [0.15, 0.2) is 0 Å². The summed E-state index contributed by atoms with van der Waals surface area (Å²) in [7, 11) is 1.98. The average Bonchev–Trinajstić information content (AvgIpc) is 2.78. The molecule has 1 aromatic carbocycles. The molecule has 2 aromatic rings. The lowest BCUT2D eigenvalue weighted by molar-refractivity contribution is 0.707. The molecule has 0 radical (unpaired) electrons. The lowest BCUT2D eigenvalue weighted by atomic mass is 10.0. The van der Waals surface area contributed by atoms with Gasteiger partial charge < -0.3 is 10.3 Å². The molecule has 0 bridgehead atoms. The van der Waals surface area contributed by atoms with Crippen LogP contribution in [0.4, 0.5) is 0 Å². The number of benzene rings is 1. The van der Waals surface area contributed by atoms with Crippen molar-refractivity contribution in [2.75, 3.05) is 13.6 Å². The van der Waals surface area contributed by atoms with Gasteiger partial charge in [-0.05, 0) is 39.4 Å². The first-order valence-electron chi connectivity index (χ1n) is 6.47. The number of nitrogens with zero attached hydrogens (tertiary/aromatic N) is 1. The molecule has 3 heteroatoms. The number of aromatic amines is 1. The third kappa shape index (κ3) is 2.99. The van der Waals surface area contributed by atoms with Crippen LogP contribution in [0.3, 0.4) is 0 Å². The fourth-order valence-corrected chi connectivity index (χ4v) is 2.17. The van der Waals surface area contributed by atoms with Crippen LogP contribution in [0.1, 0.15) is 23.4 Å². The van der Waals surface area contributed by atoms with Crippen molar-refractivity contribution in [3.8, 4) is 11.3 Å². The Hall–Kier alpha value is -1.61. The molecule has 0 amide bonds. The maximum Gasteiger partial charge on any atom is 0.106 e. The molecule has 18 heavy (non-hydrogen) atoms. The van der Waals surface area contributed by atoms with Gasteiger partial charge in [0.05, 0.1) is 11.9 Å². The Labute approximate surface area is 109 Å². The number of aromatic nitrogens is 2. The normalized spacial score (nSPS) is 10.8. The number of aryl methyl sites for hydroxylation is 3. The molecule has 0 unspecified atom stereocenters. The summed E-state index contributed by atoms with van der Waals surface area (Å²) in [6, 6.07) is 6.51. The topological polar surface area (TPSA) is 40.7 Å². The van der Waals surface area contributed by atoms with Gasteiger partial charge in [0.25, 0.3) is 0 Å². The predicted molar refractivity (Wildman–Crippen MR) is 75.7 cm³/mol. The second-order valence-electron chi connectivity index (χ2n) is 4.77. The van der Waals surface area contributed by atoms with Crippen LogP contribution in [0.15, 0.2) is 24.4 Å². The highest BCUT2D eigenvalue weighted by molar-refractivity contribution is 5.63. The van der Waals surface area contributed by atoms with E-state index in [1.165, 1.54) is 16.7 Å². The smallest absolute Gasteiger partial charge is 0.106 e. The maximum atomic E-state index is 4.44. The summed E-state index contributed by atoms with van der Waals surface area (Å²) in [5, 5.41) is 3.15. The van der Waals surface area contributed by atoms with E-state index in [0.717, 1.165) is 30.9 Å². The number of hydrogen-bond acceptors (Lipinski definition) is 2. The Morgan fingerprint density at radius 1 is 1.28 bits per heavy atom. The molecule has 0 saturated carbocycles. The Bertz CT molecular complexity index is 514. The van der Waals surface area contributed by atoms with E-state index in [1.54, 1.807) is 0 Å². The molecule has 0 aliphatic rings. The quantitative estimate of drug-likeness (QED) is 0.793. The van der Waals surface area contributed by atoms with Crippen LogP contribution in [0, 0.1) is 13.8 Å². The lowest BCUT2D eigenvalue weighted by Crippen LogP contribution is -2.08. The van der Waals surface area contributed by atoms with Gasteiger partial charge in [-0.3, -0.25) is 0 Å². The molecule has 0 spiro atoms. The average molecular weight is 243 g/mol. The molecular weight excluding hydrogens is 222 g/mol. The van der Waals surface area contributed by atoms with Gasteiger partial charge >= 0.3 is 0 Å². The van der Waals surface area contributed by atoms with E-state index < -0.39 is 0 Å². The molecular formula is C15H21N3. The van der Waals surface area contributed by atoms with E-state index >= 15 is 0 Å². The Morgan fingerprint density at radius 2 is 2.11 bits per heavy atom. The number of H-pyrrole nitrogens is 1. The first-order valence-corrected chi connectivity index (χ1v) is 6.47. The SMILES string of the molecule is CNCCCc1ncc(-c2ccc(C)cc2C)[nH]1. The van der Waals surface area contributed by atoms with E-state index in [0.29, 0.717) is 0 Å². The van der Waals surface area contributed by atoms with Crippen LogP contribution >= 0.6 is 0 Å². The fraction of sp³-hybridized carbons (Fsp3) is 0.400. The minimum Gasteiger partial charge on any atom is -0.342 e. The highest BCUT2D eigenvalue weighted by Crippen LogP contribution is 2.22. The minimum absolute atomic E-state index is 0.992. The first kappa shape index (κ1) is 12.8. The summed E-state index contributed by atoms with van der Waals surface area (Å²) in [6.07, 6.45) is 4.04. The van der Waals surface area contributed by atoms with Crippen molar-refractivity contribution in [2.45, 2.75) is 26.7 Å². The van der Waals surface area contributed by atoms with Crippen molar-refractivity contribution < 1.29 is 0 Å². The molecule has 0 aliphatic heterocycles. The molecule has 2 rings (SSSR count). The zero-order valence-electron chi connectivity index (χ0n) is 11.4. The van der Waals surface area contributed by atoms with Crippen molar-refractivity contribution in [3.05, 3.63) is 41.3 Å². The summed E-state index contributed by atoms with van der Waals surface area (Å²) < 4.78 is 0. The first-order chi connectivity index (χ1) is 8.70. The molecule has 0 aliphatic carbocycles. The minimum atomic E-state index is 0.992. The van der Waals surface area contributed by atoms with Crippen LogP contribution in [0.25, 0.3) is 11.3 Å². The van der Waals surface area contributed by atoms with Gasteiger partial charge in [0.2, 0.25) is 0 Å². The lowest BCUT2D eigenvalue weighted by Gasteiger charge is -2.04. The highest BCUT2D eigenvalue weighted by atomic mass is 14.9. The van der Waals surface area contributed by atoms with Crippen LogP contribution in [0.2, 0.25) is 0 Å². The van der Waals surface area contributed by atoms with Crippen LogP contribution < -0.4 is 5.32 Å². The van der Waals surface area contributed by atoms with Crippen molar-refractivity contribution in [1.82, 2.24) is 15.3 Å². The van der Waals surface area contributed by atoms with Gasteiger partial charge in [-0.25, -0.2) is 4.98 Å². The Morgan fingerprint density at radius 3 is 2.83 bits per heavy atom. The van der Waals surface area contributed by atoms with Gasteiger partial charge in [-0.1, -0.05) is 23.8 Å². The molecule has 2 N–H and O–H groups in total. The predicted octanol–water partition coefficient (Wildman–Crippen LogP) is 2.85. The third-order valence-electron chi connectivity index (χ3n) is 3.14. The Kier molecular flexibility index (Phi) is 4.15. The summed E-state index contributed by atoms with van der Waals surface area (Å²) in [5.74, 6) is 1.07. The van der Waals surface area contributed by atoms with Gasteiger partial charge in [-0.15, -0.1) is 0 Å². The van der Waals surface area contributed by atoms with Gasteiger partial charge in [-0.2, -0.15) is 0 Å². The zero-order valence-corrected chi connectivity index (χ0v) is 11.4. The van der Waals surface area contributed by atoms with E-state index in [9.17, 15) is 0 Å². The van der Waals surface area contributed by atoms with Crippen LogP contribution in [-0.4, -0.2) is 23.6 Å². The summed E-state index contributed by atoms with van der Waals surface area (Å²) in [5.41, 5.74) is 4.95. The van der Waals surface area contributed by atoms with Crippen LogP contribution in [-0.2, 0) is 6.42 Å². The fourth-order valence-electron chi connectivity index (χ4n) is 2.17. The van der Waals surface area contributed by atoms with Crippen molar-refractivity contribution in [1.29, 1.82) is 0 Å². The van der Waals surface area contributed by atoms with E-state index in [1.807, 2.05) is 13.2 Å². The molecule has 0 atom stereocenters. The highest BCUT2D eigenvalue weighted by Gasteiger charge is 2.05. The monoisotopic (exact) mass is 243 g/mol. The number of rotatable bonds is 5. The molecule has 0 fully saturated rings. The summed E-state index contributed by atoms with van der Waals surface area (Å²) >= 11 is 0. The molecule has 96 valence electrons. The maximum absolute atomic E-state index is 4.44. The zero-order chi connectivity index (χ0) is 13.0. The number of hydrogen-bond donors (Lipinski definition) is 2. The van der Waals surface area contributed by atoms with E-state index in [4.69, 9.17) is 0 Å². The van der Waals surface area contributed by atoms with Crippen molar-refractivity contribution in [3.63, 3.8) is 0 Å².